The van der Waals surface area contributed by atoms with Gasteiger partial charge in [-0.3, -0.25) is 0 Å². The summed E-state index contributed by atoms with van der Waals surface area (Å²) in [5, 5.41) is 0. The summed E-state index contributed by atoms with van der Waals surface area (Å²) in [7, 11) is 0. The Morgan fingerprint density at radius 1 is 0.895 bits per heavy atom. The third kappa shape index (κ3) is 4.05. The van der Waals surface area contributed by atoms with Crippen molar-refractivity contribution in [3.8, 4) is 0 Å². The molecule has 0 bridgehead atoms. The molecule has 1 aromatic rings. The van der Waals surface area contributed by atoms with Gasteiger partial charge in [0, 0.05) is 31.4 Å². The van der Waals surface area contributed by atoms with Crippen LogP contribution in [0.25, 0.3) is 6.08 Å². The van der Waals surface area contributed by atoms with Crippen LogP contribution in [0.2, 0.25) is 0 Å². The predicted molar refractivity (Wildman–Crippen MR) is 82.1 cm³/mol. The van der Waals surface area contributed by atoms with Crippen LogP contribution >= 0.6 is 0 Å². The fourth-order valence-electron chi connectivity index (χ4n) is 2.19. The lowest BCUT2D eigenvalue weighted by molar-refractivity contribution is 0.421. The van der Waals surface area contributed by atoms with Crippen LogP contribution < -0.4 is 0 Å². The van der Waals surface area contributed by atoms with Gasteiger partial charge in [0.05, 0.1) is 5.69 Å². The van der Waals surface area contributed by atoms with Gasteiger partial charge < -0.3 is 4.90 Å². The van der Waals surface area contributed by atoms with Gasteiger partial charge in [-0.2, -0.15) is 0 Å². The van der Waals surface area contributed by atoms with Crippen molar-refractivity contribution in [2.24, 2.45) is 0 Å². The Morgan fingerprint density at radius 3 is 2.05 bits per heavy atom. The maximum atomic E-state index is 4.69. The highest BCUT2D eigenvalue weighted by Gasteiger charge is 2.09. The van der Waals surface area contributed by atoms with Crippen LogP contribution in [-0.4, -0.2) is 28.0 Å². The molecule has 106 valence electrons. The standard InChI is InChI=1S/C16H27N3/c1-6-13-14(7-2)17-16(8-3)18-15(13)11-12-19(9-4)10-5/h11-12H,6-10H2,1-5H3/b12-11+. The first kappa shape index (κ1) is 15.7. The molecule has 0 saturated heterocycles. The summed E-state index contributed by atoms with van der Waals surface area (Å²) in [6, 6.07) is 0. The van der Waals surface area contributed by atoms with Crippen LogP contribution in [0.5, 0.6) is 0 Å². The van der Waals surface area contributed by atoms with Crippen molar-refractivity contribution in [1.29, 1.82) is 0 Å². The van der Waals surface area contributed by atoms with Gasteiger partial charge in [-0.1, -0.05) is 20.8 Å². The van der Waals surface area contributed by atoms with E-state index in [-0.39, 0.29) is 0 Å². The normalized spacial score (nSPS) is 11.2. The molecule has 0 radical (unpaired) electrons. The summed E-state index contributed by atoms with van der Waals surface area (Å²) >= 11 is 0. The molecule has 0 atom stereocenters. The number of rotatable bonds is 7. The van der Waals surface area contributed by atoms with Crippen molar-refractivity contribution in [2.45, 2.75) is 53.9 Å². The van der Waals surface area contributed by atoms with E-state index in [0.717, 1.165) is 43.9 Å². The first-order valence-corrected chi connectivity index (χ1v) is 7.50. The highest BCUT2D eigenvalue weighted by atomic mass is 15.1. The van der Waals surface area contributed by atoms with E-state index in [2.05, 4.69) is 61.8 Å². The lowest BCUT2D eigenvalue weighted by Gasteiger charge is -2.15. The van der Waals surface area contributed by atoms with Crippen molar-refractivity contribution in [3.05, 3.63) is 29.0 Å². The SMILES string of the molecule is CCc1nc(/C=C/N(CC)CC)c(CC)c(CC)n1. The first-order chi connectivity index (χ1) is 9.19. The van der Waals surface area contributed by atoms with Gasteiger partial charge in [-0.15, -0.1) is 0 Å². The minimum Gasteiger partial charge on any atom is -0.378 e. The highest BCUT2D eigenvalue weighted by Crippen LogP contribution is 2.15. The fraction of sp³-hybridized carbons (Fsp3) is 0.625. The summed E-state index contributed by atoms with van der Waals surface area (Å²) in [5.41, 5.74) is 3.59. The van der Waals surface area contributed by atoms with Crippen molar-refractivity contribution >= 4 is 6.08 Å². The van der Waals surface area contributed by atoms with Gasteiger partial charge in [-0.05, 0) is 38.3 Å². The monoisotopic (exact) mass is 261 g/mol. The van der Waals surface area contributed by atoms with Crippen LogP contribution in [0, 0.1) is 0 Å². The minimum absolute atomic E-state index is 0.892. The molecule has 1 rings (SSSR count). The Kier molecular flexibility index (Phi) is 6.54. The quantitative estimate of drug-likeness (QED) is 0.752. The molecule has 0 fully saturated rings. The van der Waals surface area contributed by atoms with E-state index < -0.39 is 0 Å². The topological polar surface area (TPSA) is 29.0 Å². The molecule has 0 aliphatic carbocycles. The first-order valence-electron chi connectivity index (χ1n) is 7.50. The van der Waals surface area contributed by atoms with Gasteiger partial charge in [0.15, 0.2) is 0 Å². The molecule has 0 spiro atoms. The van der Waals surface area contributed by atoms with Crippen LogP contribution in [0.4, 0.5) is 0 Å². The third-order valence-electron chi connectivity index (χ3n) is 3.43. The summed E-state index contributed by atoms with van der Waals surface area (Å²) in [6.45, 7) is 12.9. The van der Waals surface area contributed by atoms with Crippen LogP contribution in [0.1, 0.15) is 57.4 Å². The van der Waals surface area contributed by atoms with E-state index in [0.29, 0.717) is 0 Å². The molecule has 0 saturated carbocycles. The molecule has 3 heteroatoms. The molecular formula is C16H27N3. The van der Waals surface area contributed by atoms with E-state index in [1.54, 1.807) is 0 Å². The zero-order chi connectivity index (χ0) is 14.3. The molecule has 0 aromatic carbocycles. The molecule has 19 heavy (non-hydrogen) atoms. The second kappa shape index (κ2) is 7.93. The second-order valence-corrected chi connectivity index (χ2v) is 4.55. The Morgan fingerprint density at radius 2 is 1.58 bits per heavy atom. The Balaban J connectivity index is 3.16. The number of aromatic nitrogens is 2. The van der Waals surface area contributed by atoms with Crippen LogP contribution in [0.15, 0.2) is 6.20 Å². The maximum Gasteiger partial charge on any atom is 0.129 e. The maximum absolute atomic E-state index is 4.69. The zero-order valence-corrected chi connectivity index (χ0v) is 13.0. The molecule has 0 aliphatic rings. The van der Waals surface area contributed by atoms with E-state index in [1.807, 2.05) is 0 Å². The van der Waals surface area contributed by atoms with Gasteiger partial charge in [0.25, 0.3) is 0 Å². The van der Waals surface area contributed by atoms with Gasteiger partial charge >= 0.3 is 0 Å². The van der Waals surface area contributed by atoms with Crippen molar-refractivity contribution in [1.82, 2.24) is 14.9 Å². The van der Waals surface area contributed by atoms with Crippen molar-refractivity contribution in [2.75, 3.05) is 13.1 Å². The Bertz CT molecular complexity index is 420. The second-order valence-electron chi connectivity index (χ2n) is 4.55. The van der Waals surface area contributed by atoms with E-state index in [9.17, 15) is 0 Å². The number of hydrogen-bond acceptors (Lipinski definition) is 3. The van der Waals surface area contributed by atoms with Crippen molar-refractivity contribution < 1.29 is 0 Å². The minimum atomic E-state index is 0.892. The van der Waals surface area contributed by atoms with Gasteiger partial charge in [-0.25, -0.2) is 9.97 Å². The summed E-state index contributed by atoms with van der Waals surface area (Å²) < 4.78 is 0. The zero-order valence-electron chi connectivity index (χ0n) is 13.0. The largest absolute Gasteiger partial charge is 0.378 e. The molecule has 0 amide bonds. The van der Waals surface area contributed by atoms with E-state index in [1.165, 1.54) is 11.3 Å². The average Bonchev–Trinajstić information content (AvgIpc) is 2.47. The van der Waals surface area contributed by atoms with Gasteiger partial charge in [0.1, 0.15) is 5.82 Å². The summed E-state index contributed by atoms with van der Waals surface area (Å²) in [6.07, 6.45) is 7.16. The van der Waals surface area contributed by atoms with E-state index in [4.69, 9.17) is 0 Å². The number of aryl methyl sites for hydroxylation is 2. The Labute approximate surface area is 117 Å². The predicted octanol–water partition coefficient (Wildman–Crippen LogP) is 3.48. The molecule has 0 unspecified atom stereocenters. The number of hydrogen-bond donors (Lipinski definition) is 0. The third-order valence-corrected chi connectivity index (χ3v) is 3.43. The average molecular weight is 261 g/mol. The fourth-order valence-corrected chi connectivity index (χ4v) is 2.19. The van der Waals surface area contributed by atoms with Crippen molar-refractivity contribution in [3.63, 3.8) is 0 Å². The highest BCUT2D eigenvalue weighted by molar-refractivity contribution is 5.50. The van der Waals surface area contributed by atoms with Crippen LogP contribution in [-0.2, 0) is 19.3 Å². The number of nitrogens with zero attached hydrogens (tertiary/aromatic N) is 3. The lowest BCUT2D eigenvalue weighted by Crippen LogP contribution is -2.15. The smallest absolute Gasteiger partial charge is 0.129 e. The molecular weight excluding hydrogens is 234 g/mol. The van der Waals surface area contributed by atoms with E-state index >= 15 is 0 Å². The Hall–Kier alpha value is -1.38. The molecule has 1 aromatic heterocycles. The summed E-state index contributed by atoms with van der Waals surface area (Å²) in [5.74, 6) is 0.952. The summed E-state index contributed by atoms with van der Waals surface area (Å²) in [4.78, 5) is 11.6. The molecule has 0 N–H and O–H groups in total. The molecule has 0 aliphatic heterocycles. The van der Waals surface area contributed by atoms with Crippen LogP contribution in [0.3, 0.4) is 0 Å². The lowest BCUT2D eigenvalue weighted by atomic mass is 10.1. The molecule has 3 nitrogen and oxygen atoms in total. The van der Waals surface area contributed by atoms with Gasteiger partial charge in [0.2, 0.25) is 0 Å². The molecule has 1 heterocycles.